The third-order valence-corrected chi connectivity index (χ3v) is 2.92. The Hall–Kier alpha value is -0.990. The molecule has 0 fully saturated rings. The summed E-state index contributed by atoms with van der Waals surface area (Å²) in [5, 5.41) is 1.90. The number of rotatable bonds is 3. The minimum absolute atomic E-state index is 0.325. The maximum atomic E-state index is 6.11. The van der Waals surface area contributed by atoms with E-state index < -0.39 is 0 Å². The first kappa shape index (κ1) is 10.5. The molecule has 1 aromatic heterocycles. The molecule has 0 spiro atoms. The average Bonchev–Trinajstić information content (AvgIpc) is 2.63. The van der Waals surface area contributed by atoms with Crippen molar-refractivity contribution >= 4 is 22.5 Å². The Balaban J connectivity index is 2.49. The van der Waals surface area contributed by atoms with Crippen molar-refractivity contribution in [2.24, 2.45) is 0 Å². The Morgan fingerprint density at radius 2 is 2.20 bits per heavy atom. The highest BCUT2D eigenvalue weighted by Gasteiger charge is 2.08. The lowest BCUT2D eigenvalue weighted by Crippen LogP contribution is -2.09. The smallest absolute Gasteiger partial charge is 0.0667 e. The first-order chi connectivity index (χ1) is 7.24. The molecule has 15 heavy (non-hydrogen) atoms. The second kappa shape index (κ2) is 4.25. The number of nitrogens with zero attached hydrogens (tertiary/aromatic N) is 1. The van der Waals surface area contributed by atoms with Crippen molar-refractivity contribution in [3.05, 3.63) is 35.5 Å². The molecule has 1 heterocycles. The van der Waals surface area contributed by atoms with Gasteiger partial charge in [-0.15, -0.1) is 0 Å². The normalized spacial score (nSPS) is 13.3. The van der Waals surface area contributed by atoms with Crippen LogP contribution in [0.5, 0.6) is 0 Å². The second-order valence-electron chi connectivity index (χ2n) is 3.70. The fourth-order valence-electron chi connectivity index (χ4n) is 1.86. The standard InChI is InChI=1S/C12H14ClNO/c1-9(8-15-2)14-7-6-10-11(13)4-3-5-12(10)14/h3-7,9H,8H2,1-2H3. The van der Waals surface area contributed by atoms with Crippen LogP contribution in [0.4, 0.5) is 0 Å². The molecule has 1 atom stereocenters. The van der Waals surface area contributed by atoms with Gasteiger partial charge >= 0.3 is 0 Å². The summed E-state index contributed by atoms with van der Waals surface area (Å²) in [6.45, 7) is 2.83. The fraction of sp³-hybridized carbons (Fsp3) is 0.333. The van der Waals surface area contributed by atoms with Gasteiger partial charge in [-0.1, -0.05) is 17.7 Å². The van der Waals surface area contributed by atoms with Gasteiger partial charge in [0.05, 0.1) is 12.6 Å². The third-order valence-electron chi connectivity index (χ3n) is 2.59. The van der Waals surface area contributed by atoms with Gasteiger partial charge in [0.2, 0.25) is 0 Å². The average molecular weight is 224 g/mol. The first-order valence-electron chi connectivity index (χ1n) is 4.98. The van der Waals surface area contributed by atoms with Gasteiger partial charge in [0.1, 0.15) is 0 Å². The Bertz CT molecular complexity index is 464. The van der Waals surface area contributed by atoms with Gasteiger partial charge in [-0.05, 0) is 25.1 Å². The molecule has 1 aromatic carbocycles. The molecule has 0 aliphatic rings. The Kier molecular flexibility index (Phi) is 2.98. The highest BCUT2D eigenvalue weighted by Crippen LogP contribution is 2.26. The van der Waals surface area contributed by atoms with Crippen LogP contribution in [0.2, 0.25) is 5.02 Å². The molecule has 1 unspecified atom stereocenters. The molecule has 3 heteroatoms. The second-order valence-corrected chi connectivity index (χ2v) is 4.11. The van der Waals surface area contributed by atoms with E-state index in [1.807, 2.05) is 18.2 Å². The van der Waals surface area contributed by atoms with Crippen LogP contribution in [0.3, 0.4) is 0 Å². The first-order valence-corrected chi connectivity index (χ1v) is 5.36. The summed E-state index contributed by atoms with van der Waals surface area (Å²) in [6, 6.07) is 8.33. The van der Waals surface area contributed by atoms with E-state index >= 15 is 0 Å². The molecule has 2 rings (SSSR count). The number of ether oxygens (including phenoxy) is 1. The summed E-state index contributed by atoms with van der Waals surface area (Å²) in [5.41, 5.74) is 1.16. The lowest BCUT2D eigenvalue weighted by molar-refractivity contribution is 0.164. The zero-order valence-corrected chi connectivity index (χ0v) is 9.66. The van der Waals surface area contributed by atoms with E-state index in [1.165, 1.54) is 0 Å². The van der Waals surface area contributed by atoms with E-state index in [2.05, 4.69) is 23.8 Å². The van der Waals surface area contributed by atoms with Crippen molar-refractivity contribution in [2.75, 3.05) is 13.7 Å². The minimum Gasteiger partial charge on any atom is -0.383 e. The summed E-state index contributed by atoms with van der Waals surface area (Å²) in [7, 11) is 1.72. The van der Waals surface area contributed by atoms with Crippen LogP contribution in [0, 0.1) is 0 Å². The van der Waals surface area contributed by atoms with Crippen molar-refractivity contribution in [3.63, 3.8) is 0 Å². The van der Waals surface area contributed by atoms with E-state index in [1.54, 1.807) is 7.11 Å². The molecule has 0 saturated heterocycles. The molecule has 0 aliphatic heterocycles. The van der Waals surface area contributed by atoms with Gasteiger partial charge in [0.25, 0.3) is 0 Å². The summed E-state index contributed by atoms with van der Waals surface area (Å²) in [6.07, 6.45) is 2.06. The molecule has 0 amide bonds. The van der Waals surface area contributed by atoms with Crippen LogP contribution < -0.4 is 0 Å². The number of hydrogen-bond acceptors (Lipinski definition) is 1. The van der Waals surface area contributed by atoms with Crippen molar-refractivity contribution in [3.8, 4) is 0 Å². The molecule has 0 saturated carbocycles. The van der Waals surface area contributed by atoms with Crippen LogP contribution in [0.1, 0.15) is 13.0 Å². The molecule has 0 N–H and O–H groups in total. The van der Waals surface area contributed by atoms with Crippen LogP contribution in [-0.4, -0.2) is 18.3 Å². The molecule has 80 valence electrons. The highest BCUT2D eigenvalue weighted by molar-refractivity contribution is 6.35. The van der Waals surface area contributed by atoms with Crippen molar-refractivity contribution in [1.82, 2.24) is 4.57 Å². The largest absolute Gasteiger partial charge is 0.383 e. The topological polar surface area (TPSA) is 14.2 Å². The SMILES string of the molecule is COCC(C)n1ccc2c(Cl)cccc21. The Morgan fingerprint density at radius 3 is 2.93 bits per heavy atom. The third kappa shape index (κ3) is 1.87. The molecule has 0 aliphatic carbocycles. The minimum atomic E-state index is 0.325. The Morgan fingerprint density at radius 1 is 1.40 bits per heavy atom. The van der Waals surface area contributed by atoms with E-state index in [9.17, 15) is 0 Å². The van der Waals surface area contributed by atoms with Gasteiger partial charge in [-0.2, -0.15) is 0 Å². The van der Waals surface area contributed by atoms with Crippen LogP contribution in [0.25, 0.3) is 10.9 Å². The van der Waals surface area contributed by atoms with Crippen molar-refractivity contribution < 1.29 is 4.74 Å². The van der Waals surface area contributed by atoms with Crippen molar-refractivity contribution in [1.29, 1.82) is 0 Å². The van der Waals surface area contributed by atoms with Gasteiger partial charge in [0.15, 0.2) is 0 Å². The summed E-state index contributed by atoms with van der Waals surface area (Å²) >= 11 is 6.11. The predicted molar refractivity (Wildman–Crippen MR) is 63.5 cm³/mol. The van der Waals surface area contributed by atoms with Gasteiger partial charge in [0, 0.05) is 29.2 Å². The Labute approximate surface area is 94.4 Å². The molecule has 0 bridgehead atoms. The van der Waals surface area contributed by atoms with E-state index in [0.717, 1.165) is 15.9 Å². The lowest BCUT2D eigenvalue weighted by atomic mass is 10.2. The van der Waals surface area contributed by atoms with E-state index in [4.69, 9.17) is 16.3 Å². The predicted octanol–water partition coefficient (Wildman–Crippen LogP) is 3.50. The zero-order valence-electron chi connectivity index (χ0n) is 8.90. The summed E-state index contributed by atoms with van der Waals surface area (Å²) in [4.78, 5) is 0. The number of hydrogen-bond donors (Lipinski definition) is 0. The van der Waals surface area contributed by atoms with E-state index in [0.29, 0.717) is 12.6 Å². The number of methoxy groups -OCH3 is 1. The molecule has 0 radical (unpaired) electrons. The summed E-state index contributed by atoms with van der Waals surface area (Å²) in [5.74, 6) is 0. The van der Waals surface area contributed by atoms with Crippen molar-refractivity contribution in [2.45, 2.75) is 13.0 Å². The fourth-order valence-corrected chi connectivity index (χ4v) is 2.09. The molecule has 2 nitrogen and oxygen atoms in total. The number of halogens is 1. The molecule has 2 aromatic rings. The van der Waals surface area contributed by atoms with Crippen LogP contribution in [0.15, 0.2) is 30.5 Å². The zero-order chi connectivity index (χ0) is 10.8. The monoisotopic (exact) mass is 223 g/mol. The quantitative estimate of drug-likeness (QED) is 0.777. The number of fused-ring (bicyclic) bond motifs is 1. The lowest BCUT2D eigenvalue weighted by Gasteiger charge is -2.14. The molecular formula is C12H14ClNO. The van der Waals surface area contributed by atoms with E-state index in [-0.39, 0.29) is 0 Å². The maximum Gasteiger partial charge on any atom is 0.0667 e. The highest BCUT2D eigenvalue weighted by atomic mass is 35.5. The summed E-state index contributed by atoms with van der Waals surface area (Å²) < 4.78 is 7.34. The van der Waals surface area contributed by atoms with Gasteiger partial charge in [-0.25, -0.2) is 0 Å². The molecular weight excluding hydrogens is 210 g/mol. The van der Waals surface area contributed by atoms with Crippen LogP contribution in [-0.2, 0) is 4.74 Å². The van der Waals surface area contributed by atoms with Gasteiger partial charge in [-0.3, -0.25) is 0 Å². The maximum absolute atomic E-state index is 6.11. The van der Waals surface area contributed by atoms with Gasteiger partial charge < -0.3 is 9.30 Å². The van der Waals surface area contributed by atoms with Crippen LogP contribution >= 0.6 is 11.6 Å². The number of aromatic nitrogens is 1. The number of benzene rings is 1.